The third kappa shape index (κ3) is 0.994. The molecular formula is C10H14N2. The minimum atomic E-state index is 0.199. The number of nitrogens with zero attached hydrogens (tertiary/aromatic N) is 1. The molecule has 0 spiro atoms. The quantitative estimate of drug-likeness (QED) is 0.625. The maximum atomic E-state index is 5.96. The molecule has 0 aliphatic carbocycles. The first-order valence-corrected chi connectivity index (χ1v) is 4.26. The van der Waals surface area contributed by atoms with Gasteiger partial charge in [0.25, 0.3) is 0 Å². The number of aryl methyl sites for hydroxylation is 1. The predicted octanol–water partition coefficient (Wildman–Crippen LogP) is 1.44. The van der Waals surface area contributed by atoms with Crippen molar-refractivity contribution in [3.05, 3.63) is 29.3 Å². The summed E-state index contributed by atoms with van der Waals surface area (Å²) in [6, 6.07) is 6.67. The molecule has 1 aromatic carbocycles. The second-order valence-electron chi connectivity index (χ2n) is 3.55. The van der Waals surface area contributed by atoms with E-state index in [0.29, 0.717) is 0 Å². The first-order chi connectivity index (χ1) is 5.68. The van der Waals surface area contributed by atoms with Crippen LogP contribution in [0.15, 0.2) is 18.2 Å². The molecule has 0 aromatic heterocycles. The van der Waals surface area contributed by atoms with Crippen LogP contribution in [0.25, 0.3) is 0 Å². The van der Waals surface area contributed by atoms with Gasteiger partial charge in [0, 0.05) is 25.3 Å². The van der Waals surface area contributed by atoms with Gasteiger partial charge in [-0.15, -0.1) is 0 Å². The first kappa shape index (κ1) is 7.62. The Hall–Kier alpha value is -1.02. The van der Waals surface area contributed by atoms with E-state index in [1.807, 2.05) is 0 Å². The van der Waals surface area contributed by atoms with Crippen LogP contribution >= 0.6 is 0 Å². The van der Waals surface area contributed by atoms with Gasteiger partial charge in [-0.1, -0.05) is 17.7 Å². The fourth-order valence-electron chi connectivity index (χ4n) is 1.81. The average Bonchev–Trinajstić information content (AvgIpc) is 2.28. The van der Waals surface area contributed by atoms with Crippen LogP contribution in [0.3, 0.4) is 0 Å². The van der Waals surface area contributed by atoms with Gasteiger partial charge in [0.1, 0.15) is 0 Å². The fraction of sp³-hybridized carbons (Fsp3) is 0.400. The zero-order valence-electron chi connectivity index (χ0n) is 7.54. The number of anilines is 1. The molecule has 2 nitrogen and oxygen atoms in total. The molecule has 64 valence electrons. The van der Waals surface area contributed by atoms with Crippen LogP contribution in [0.4, 0.5) is 5.69 Å². The number of likely N-dealkylation sites (N-methyl/N-ethyl adjacent to an activating group) is 1. The monoisotopic (exact) mass is 162 g/mol. The van der Waals surface area contributed by atoms with Crippen molar-refractivity contribution >= 4 is 5.69 Å². The standard InChI is InChI=1S/C10H14N2/c1-7-3-4-10-8(5-7)9(11)6-12(10)2/h3-5,9H,6,11H2,1-2H3. The van der Waals surface area contributed by atoms with Gasteiger partial charge in [-0.05, 0) is 18.6 Å². The molecule has 1 aliphatic rings. The maximum absolute atomic E-state index is 5.96. The van der Waals surface area contributed by atoms with Crippen molar-refractivity contribution in [2.45, 2.75) is 13.0 Å². The van der Waals surface area contributed by atoms with E-state index in [1.54, 1.807) is 0 Å². The highest BCUT2D eigenvalue weighted by molar-refractivity contribution is 5.60. The number of benzene rings is 1. The Labute approximate surface area is 73.0 Å². The smallest absolute Gasteiger partial charge is 0.0493 e. The summed E-state index contributed by atoms with van der Waals surface area (Å²) in [5.41, 5.74) is 9.83. The molecule has 1 atom stereocenters. The molecule has 12 heavy (non-hydrogen) atoms. The van der Waals surface area contributed by atoms with Gasteiger partial charge in [-0.3, -0.25) is 0 Å². The van der Waals surface area contributed by atoms with Crippen molar-refractivity contribution in [2.75, 3.05) is 18.5 Å². The van der Waals surface area contributed by atoms with E-state index in [-0.39, 0.29) is 6.04 Å². The molecule has 0 fully saturated rings. The predicted molar refractivity (Wildman–Crippen MR) is 51.4 cm³/mol. The van der Waals surface area contributed by atoms with Gasteiger partial charge < -0.3 is 10.6 Å². The topological polar surface area (TPSA) is 29.3 Å². The second-order valence-corrected chi connectivity index (χ2v) is 3.55. The summed E-state index contributed by atoms with van der Waals surface area (Å²) in [4.78, 5) is 2.21. The summed E-state index contributed by atoms with van der Waals surface area (Å²) < 4.78 is 0. The van der Waals surface area contributed by atoms with Gasteiger partial charge in [0.05, 0.1) is 0 Å². The molecule has 1 aromatic rings. The summed E-state index contributed by atoms with van der Waals surface area (Å²) >= 11 is 0. The Morgan fingerprint density at radius 3 is 3.00 bits per heavy atom. The zero-order valence-corrected chi connectivity index (χ0v) is 7.54. The average molecular weight is 162 g/mol. The van der Waals surface area contributed by atoms with Gasteiger partial charge in [-0.2, -0.15) is 0 Å². The second kappa shape index (κ2) is 2.49. The molecule has 1 heterocycles. The molecular weight excluding hydrogens is 148 g/mol. The highest BCUT2D eigenvalue weighted by atomic mass is 15.1. The highest BCUT2D eigenvalue weighted by Gasteiger charge is 2.22. The van der Waals surface area contributed by atoms with Crippen molar-refractivity contribution < 1.29 is 0 Å². The summed E-state index contributed by atoms with van der Waals surface area (Å²) in [7, 11) is 2.08. The lowest BCUT2D eigenvalue weighted by Gasteiger charge is -2.10. The number of hydrogen-bond acceptors (Lipinski definition) is 2. The van der Waals surface area contributed by atoms with Crippen LogP contribution in [-0.4, -0.2) is 13.6 Å². The Morgan fingerprint density at radius 2 is 2.25 bits per heavy atom. The molecule has 1 aliphatic heterocycles. The molecule has 2 heteroatoms. The Balaban J connectivity index is 2.53. The van der Waals surface area contributed by atoms with Crippen LogP contribution < -0.4 is 10.6 Å². The normalized spacial score (nSPS) is 21.2. The summed E-state index contributed by atoms with van der Waals surface area (Å²) in [6.07, 6.45) is 0. The summed E-state index contributed by atoms with van der Waals surface area (Å²) in [5, 5.41) is 0. The van der Waals surface area contributed by atoms with Crippen LogP contribution in [0.2, 0.25) is 0 Å². The Kier molecular flexibility index (Phi) is 1.58. The Bertz CT molecular complexity index is 307. The van der Waals surface area contributed by atoms with E-state index >= 15 is 0 Å². The van der Waals surface area contributed by atoms with Crippen molar-refractivity contribution in [3.8, 4) is 0 Å². The van der Waals surface area contributed by atoms with Crippen LogP contribution in [0, 0.1) is 6.92 Å². The third-order valence-electron chi connectivity index (χ3n) is 2.46. The highest BCUT2D eigenvalue weighted by Crippen LogP contribution is 2.32. The van der Waals surface area contributed by atoms with Gasteiger partial charge in [0.2, 0.25) is 0 Å². The van der Waals surface area contributed by atoms with E-state index < -0.39 is 0 Å². The van der Waals surface area contributed by atoms with Crippen LogP contribution in [-0.2, 0) is 0 Å². The summed E-state index contributed by atoms with van der Waals surface area (Å²) in [6.45, 7) is 3.05. The largest absolute Gasteiger partial charge is 0.372 e. The number of hydrogen-bond donors (Lipinski definition) is 1. The van der Waals surface area contributed by atoms with Crippen molar-refractivity contribution in [3.63, 3.8) is 0 Å². The lowest BCUT2D eigenvalue weighted by atomic mass is 10.1. The lowest BCUT2D eigenvalue weighted by Crippen LogP contribution is -2.19. The van der Waals surface area contributed by atoms with Gasteiger partial charge >= 0.3 is 0 Å². The SMILES string of the molecule is Cc1ccc2c(c1)C(N)CN2C. The molecule has 0 radical (unpaired) electrons. The molecule has 2 rings (SSSR count). The van der Waals surface area contributed by atoms with Gasteiger partial charge in [0.15, 0.2) is 0 Å². The minimum Gasteiger partial charge on any atom is -0.372 e. The molecule has 0 amide bonds. The zero-order chi connectivity index (χ0) is 8.72. The van der Waals surface area contributed by atoms with E-state index in [9.17, 15) is 0 Å². The van der Waals surface area contributed by atoms with E-state index in [1.165, 1.54) is 16.8 Å². The minimum absolute atomic E-state index is 0.199. The number of nitrogens with two attached hydrogens (primary N) is 1. The maximum Gasteiger partial charge on any atom is 0.0493 e. The number of rotatable bonds is 0. The van der Waals surface area contributed by atoms with E-state index in [4.69, 9.17) is 5.73 Å². The first-order valence-electron chi connectivity index (χ1n) is 4.26. The molecule has 0 saturated carbocycles. The molecule has 1 unspecified atom stereocenters. The van der Waals surface area contributed by atoms with Crippen LogP contribution in [0.1, 0.15) is 17.2 Å². The fourth-order valence-corrected chi connectivity index (χ4v) is 1.81. The van der Waals surface area contributed by atoms with E-state index in [2.05, 4.69) is 37.1 Å². The third-order valence-corrected chi connectivity index (χ3v) is 2.46. The molecule has 0 bridgehead atoms. The molecule has 2 N–H and O–H groups in total. The van der Waals surface area contributed by atoms with Gasteiger partial charge in [-0.25, -0.2) is 0 Å². The number of fused-ring (bicyclic) bond motifs is 1. The Morgan fingerprint density at radius 1 is 1.50 bits per heavy atom. The van der Waals surface area contributed by atoms with Crippen LogP contribution in [0.5, 0.6) is 0 Å². The van der Waals surface area contributed by atoms with Crippen molar-refractivity contribution in [1.29, 1.82) is 0 Å². The van der Waals surface area contributed by atoms with E-state index in [0.717, 1.165) is 6.54 Å². The van der Waals surface area contributed by atoms with Crippen molar-refractivity contribution in [1.82, 2.24) is 0 Å². The van der Waals surface area contributed by atoms with Crippen molar-refractivity contribution in [2.24, 2.45) is 5.73 Å². The lowest BCUT2D eigenvalue weighted by molar-refractivity contribution is 0.760. The molecule has 0 saturated heterocycles. The summed E-state index contributed by atoms with van der Waals surface area (Å²) in [5.74, 6) is 0.